The number of ether oxygens (including phenoxy) is 2. The second-order valence-electron chi connectivity index (χ2n) is 6.58. The third-order valence-electron chi connectivity index (χ3n) is 5.20. The fraction of sp³-hybridized carbons (Fsp3) is 0.429. The molecule has 24 heavy (non-hydrogen) atoms. The molecule has 3 heteroatoms. The molecule has 1 aliphatic rings. The van der Waals surface area contributed by atoms with Crippen LogP contribution in [0.5, 0.6) is 11.5 Å². The molecule has 0 saturated heterocycles. The van der Waals surface area contributed by atoms with Crippen molar-refractivity contribution in [3.8, 4) is 11.5 Å². The van der Waals surface area contributed by atoms with Crippen molar-refractivity contribution in [2.24, 2.45) is 0 Å². The zero-order chi connectivity index (χ0) is 17.1. The van der Waals surface area contributed by atoms with E-state index < -0.39 is 0 Å². The standard InChI is InChI=1S/C21H27NO2/c1-14(22-2)11-19-17-8-6-5-7-15(17)9-10-16-12-20(23-3)21(24-4)13-18(16)19/h5-8,12-14,19,22H,9-11H2,1-4H3. The van der Waals surface area contributed by atoms with Crippen LogP contribution in [0.4, 0.5) is 0 Å². The molecule has 1 aliphatic carbocycles. The summed E-state index contributed by atoms with van der Waals surface area (Å²) in [6, 6.07) is 13.7. The number of rotatable bonds is 5. The summed E-state index contributed by atoms with van der Waals surface area (Å²) in [6.07, 6.45) is 3.18. The smallest absolute Gasteiger partial charge is 0.161 e. The second kappa shape index (κ2) is 7.27. The van der Waals surface area contributed by atoms with E-state index >= 15 is 0 Å². The van der Waals surface area contributed by atoms with Gasteiger partial charge in [0.1, 0.15) is 0 Å². The van der Waals surface area contributed by atoms with E-state index in [1.165, 1.54) is 22.3 Å². The summed E-state index contributed by atoms with van der Waals surface area (Å²) in [6.45, 7) is 2.24. The van der Waals surface area contributed by atoms with E-state index in [9.17, 15) is 0 Å². The molecule has 3 nitrogen and oxygen atoms in total. The van der Waals surface area contributed by atoms with Crippen LogP contribution in [-0.2, 0) is 12.8 Å². The lowest BCUT2D eigenvalue weighted by molar-refractivity contribution is 0.353. The molecule has 128 valence electrons. The fourth-order valence-corrected chi connectivity index (χ4v) is 3.74. The van der Waals surface area contributed by atoms with Gasteiger partial charge in [-0.2, -0.15) is 0 Å². The van der Waals surface area contributed by atoms with Crippen molar-refractivity contribution < 1.29 is 9.47 Å². The molecule has 0 fully saturated rings. The summed E-state index contributed by atoms with van der Waals surface area (Å²) < 4.78 is 11.1. The minimum Gasteiger partial charge on any atom is -0.493 e. The van der Waals surface area contributed by atoms with Crippen LogP contribution >= 0.6 is 0 Å². The summed E-state index contributed by atoms with van der Waals surface area (Å²) in [7, 11) is 5.44. The van der Waals surface area contributed by atoms with Gasteiger partial charge in [0.25, 0.3) is 0 Å². The minimum absolute atomic E-state index is 0.376. The van der Waals surface area contributed by atoms with Gasteiger partial charge in [-0.05, 0) is 67.6 Å². The SMILES string of the molecule is CNC(C)CC1c2ccccc2CCc2cc(OC)c(OC)cc21. The second-order valence-corrected chi connectivity index (χ2v) is 6.58. The number of nitrogens with one attached hydrogen (secondary N) is 1. The van der Waals surface area contributed by atoms with Crippen LogP contribution < -0.4 is 14.8 Å². The topological polar surface area (TPSA) is 30.5 Å². The van der Waals surface area contributed by atoms with E-state index in [0.29, 0.717) is 12.0 Å². The molecule has 3 rings (SSSR count). The van der Waals surface area contributed by atoms with E-state index in [4.69, 9.17) is 9.47 Å². The van der Waals surface area contributed by atoms with Gasteiger partial charge in [0.15, 0.2) is 11.5 Å². The quantitative estimate of drug-likeness (QED) is 0.903. The van der Waals surface area contributed by atoms with Crippen LogP contribution in [0.15, 0.2) is 36.4 Å². The highest BCUT2D eigenvalue weighted by molar-refractivity contribution is 5.53. The lowest BCUT2D eigenvalue weighted by Gasteiger charge is -2.24. The summed E-state index contributed by atoms with van der Waals surface area (Å²) in [5, 5.41) is 3.39. The summed E-state index contributed by atoms with van der Waals surface area (Å²) in [5.41, 5.74) is 5.65. The summed E-state index contributed by atoms with van der Waals surface area (Å²) in [5.74, 6) is 2.02. The van der Waals surface area contributed by atoms with Crippen LogP contribution in [0, 0.1) is 0 Å². The normalized spacial score (nSPS) is 17.4. The first-order valence-corrected chi connectivity index (χ1v) is 8.67. The molecule has 0 bridgehead atoms. The van der Waals surface area contributed by atoms with E-state index in [-0.39, 0.29) is 0 Å². The summed E-state index contributed by atoms with van der Waals surface area (Å²) in [4.78, 5) is 0. The van der Waals surface area contributed by atoms with Gasteiger partial charge in [-0.3, -0.25) is 0 Å². The van der Waals surface area contributed by atoms with Gasteiger partial charge in [0, 0.05) is 12.0 Å². The van der Waals surface area contributed by atoms with Crippen LogP contribution in [-0.4, -0.2) is 27.3 Å². The van der Waals surface area contributed by atoms with E-state index in [0.717, 1.165) is 30.8 Å². The number of methoxy groups -OCH3 is 2. The number of hydrogen-bond donors (Lipinski definition) is 1. The third kappa shape index (κ3) is 3.13. The molecule has 2 unspecified atom stereocenters. The highest BCUT2D eigenvalue weighted by atomic mass is 16.5. The van der Waals surface area contributed by atoms with Gasteiger partial charge in [0.05, 0.1) is 14.2 Å². The Balaban J connectivity index is 2.15. The van der Waals surface area contributed by atoms with Crippen molar-refractivity contribution in [1.82, 2.24) is 5.32 Å². The Bertz CT molecular complexity index is 711. The van der Waals surface area contributed by atoms with Crippen LogP contribution in [0.25, 0.3) is 0 Å². The Labute approximate surface area is 145 Å². The van der Waals surface area contributed by atoms with Gasteiger partial charge in [-0.25, -0.2) is 0 Å². The van der Waals surface area contributed by atoms with Crippen LogP contribution in [0.2, 0.25) is 0 Å². The predicted molar refractivity (Wildman–Crippen MR) is 98.4 cm³/mol. The van der Waals surface area contributed by atoms with Gasteiger partial charge in [-0.15, -0.1) is 0 Å². The Kier molecular flexibility index (Phi) is 5.10. The first-order chi connectivity index (χ1) is 11.7. The van der Waals surface area contributed by atoms with E-state index in [1.807, 2.05) is 7.05 Å². The molecule has 0 aromatic heterocycles. The van der Waals surface area contributed by atoms with Crippen LogP contribution in [0.1, 0.15) is 41.5 Å². The number of hydrogen-bond acceptors (Lipinski definition) is 3. The van der Waals surface area contributed by atoms with Gasteiger partial charge in [-0.1, -0.05) is 24.3 Å². The number of benzene rings is 2. The molecular weight excluding hydrogens is 298 g/mol. The largest absolute Gasteiger partial charge is 0.493 e. The monoisotopic (exact) mass is 325 g/mol. The maximum Gasteiger partial charge on any atom is 0.161 e. The van der Waals surface area contributed by atoms with Crippen molar-refractivity contribution in [2.75, 3.05) is 21.3 Å². The molecular formula is C21H27NO2. The predicted octanol–water partition coefficient (Wildman–Crippen LogP) is 3.93. The number of aryl methyl sites for hydroxylation is 2. The Morgan fingerprint density at radius 2 is 1.67 bits per heavy atom. The first-order valence-electron chi connectivity index (χ1n) is 8.67. The lowest BCUT2D eigenvalue weighted by Crippen LogP contribution is -2.24. The zero-order valence-electron chi connectivity index (χ0n) is 15.1. The molecule has 2 aromatic rings. The number of fused-ring (bicyclic) bond motifs is 2. The average Bonchev–Trinajstić information content (AvgIpc) is 2.77. The van der Waals surface area contributed by atoms with Crippen molar-refractivity contribution in [3.05, 3.63) is 58.7 Å². The molecule has 0 aliphatic heterocycles. The van der Waals surface area contributed by atoms with Gasteiger partial charge >= 0.3 is 0 Å². The molecule has 0 saturated carbocycles. The maximum atomic E-state index is 5.57. The van der Waals surface area contributed by atoms with Gasteiger partial charge in [0.2, 0.25) is 0 Å². The van der Waals surface area contributed by atoms with Crippen molar-refractivity contribution in [2.45, 2.75) is 38.1 Å². The zero-order valence-corrected chi connectivity index (χ0v) is 15.1. The molecule has 0 radical (unpaired) electrons. The molecule has 0 spiro atoms. The van der Waals surface area contributed by atoms with E-state index in [1.54, 1.807) is 14.2 Å². The lowest BCUT2D eigenvalue weighted by atomic mass is 9.83. The maximum absolute atomic E-state index is 5.57. The minimum atomic E-state index is 0.376. The fourth-order valence-electron chi connectivity index (χ4n) is 3.74. The molecule has 2 aromatic carbocycles. The van der Waals surface area contributed by atoms with E-state index in [2.05, 4.69) is 48.6 Å². The molecule has 1 N–H and O–H groups in total. The first kappa shape index (κ1) is 16.8. The molecule has 0 heterocycles. The van der Waals surface area contributed by atoms with Crippen molar-refractivity contribution in [1.29, 1.82) is 0 Å². The summed E-state index contributed by atoms with van der Waals surface area (Å²) >= 11 is 0. The highest BCUT2D eigenvalue weighted by Crippen LogP contribution is 2.41. The van der Waals surface area contributed by atoms with Crippen LogP contribution in [0.3, 0.4) is 0 Å². The van der Waals surface area contributed by atoms with Gasteiger partial charge < -0.3 is 14.8 Å². The highest BCUT2D eigenvalue weighted by Gasteiger charge is 2.26. The molecule has 0 amide bonds. The molecule has 2 atom stereocenters. The third-order valence-corrected chi connectivity index (χ3v) is 5.20. The Morgan fingerprint density at radius 3 is 2.38 bits per heavy atom. The average molecular weight is 325 g/mol. The Morgan fingerprint density at radius 1 is 1.00 bits per heavy atom. The van der Waals surface area contributed by atoms with Crippen molar-refractivity contribution in [3.63, 3.8) is 0 Å². The van der Waals surface area contributed by atoms with Crippen molar-refractivity contribution >= 4 is 0 Å². The Hall–Kier alpha value is -2.00.